The first-order valence-corrected chi connectivity index (χ1v) is 5.98. The minimum Gasteiger partial charge on any atom is -0.383 e. The van der Waals surface area contributed by atoms with Crippen molar-refractivity contribution < 1.29 is 18.3 Å². The largest absolute Gasteiger partial charge is 0.383 e. The SMILES string of the molecule is COCCNC(=O)C(C)NCc1cc(F)cc(F)c1. The lowest BCUT2D eigenvalue weighted by molar-refractivity contribution is -0.122. The fourth-order valence-electron chi connectivity index (χ4n) is 1.51. The normalized spacial score (nSPS) is 12.2. The highest BCUT2D eigenvalue weighted by molar-refractivity contribution is 5.81. The third-order valence-corrected chi connectivity index (χ3v) is 2.53. The van der Waals surface area contributed by atoms with E-state index in [0.29, 0.717) is 18.7 Å². The number of hydrogen-bond acceptors (Lipinski definition) is 3. The molecule has 0 aromatic heterocycles. The van der Waals surface area contributed by atoms with E-state index in [1.807, 2.05) is 0 Å². The summed E-state index contributed by atoms with van der Waals surface area (Å²) in [6, 6.07) is 2.81. The van der Waals surface area contributed by atoms with Crippen LogP contribution in [-0.4, -0.2) is 32.2 Å². The first kappa shape index (κ1) is 15.5. The number of benzene rings is 1. The molecule has 4 nitrogen and oxygen atoms in total. The molecule has 19 heavy (non-hydrogen) atoms. The Kier molecular flexibility index (Phi) is 6.38. The van der Waals surface area contributed by atoms with Crippen molar-refractivity contribution in [3.63, 3.8) is 0 Å². The van der Waals surface area contributed by atoms with Gasteiger partial charge in [0.2, 0.25) is 5.91 Å². The number of amides is 1. The minimum atomic E-state index is -0.631. The van der Waals surface area contributed by atoms with Crippen molar-refractivity contribution in [1.82, 2.24) is 10.6 Å². The van der Waals surface area contributed by atoms with E-state index >= 15 is 0 Å². The first-order chi connectivity index (χ1) is 9.02. The molecule has 0 aliphatic carbocycles. The third-order valence-electron chi connectivity index (χ3n) is 2.53. The van der Waals surface area contributed by atoms with Crippen molar-refractivity contribution >= 4 is 5.91 Å². The zero-order valence-corrected chi connectivity index (χ0v) is 11.0. The van der Waals surface area contributed by atoms with E-state index in [-0.39, 0.29) is 12.5 Å². The Morgan fingerprint density at radius 1 is 1.32 bits per heavy atom. The molecular weight excluding hydrogens is 254 g/mol. The summed E-state index contributed by atoms with van der Waals surface area (Å²) < 4.78 is 30.7. The van der Waals surface area contributed by atoms with Gasteiger partial charge in [-0.25, -0.2) is 8.78 Å². The Balaban J connectivity index is 2.40. The fraction of sp³-hybridized carbons (Fsp3) is 0.462. The molecule has 1 rings (SSSR count). The lowest BCUT2D eigenvalue weighted by Crippen LogP contribution is -2.42. The van der Waals surface area contributed by atoms with Gasteiger partial charge in [0, 0.05) is 26.3 Å². The second-order valence-electron chi connectivity index (χ2n) is 4.16. The van der Waals surface area contributed by atoms with E-state index in [2.05, 4.69) is 10.6 Å². The Labute approximate surface area is 111 Å². The van der Waals surface area contributed by atoms with Gasteiger partial charge >= 0.3 is 0 Å². The number of hydrogen-bond donors (Lipinski definition) is 2. The summed E-state index contributed by atoms with van der Waals surface area (Å²) >= 11 is 0. The molecule has 0 heterocycles. The molecule has 0 bridgehead atoms. The van der Waals surface area contributed by atoms with Crippen LogP contribution in [0.5, 0.6) is 0 Å². The standard InChI is InChI=1S/C13H18F2N2O2/c1-9(13(18)16-3-4-19-2)17-8-10-5-11(14)7-12(15)6-10/h5-7,9,17H,3-4,8H2,1-2H3,(H,16,18). The van der Waals surface area contributed by atoms with Crippen LogP contribution in [0.15, 0.2) is 18.2 Å². The molecule has 1 aromatic carbocycles. The molecule has 106 valence electrons. The second kappa shape index (κ2) is 7.81. The average Bonchev–Trinajstić information content (AvgIpc) is 2.35. The van der Waals surface area contributed by atoms with Gasteiger partial charge in [0.05, 0.1) is 12.6 Å². The summed E-state index contributed by atoms with van der Waals surface area (Å²) in [5, 5.41) is 5.56. The lowest BCUT2D eigenvalue weighted by atomic mass is 10.2. The predicted octanol–water partition coefficient (Wildman–Crippen LogP) is 1.21. The maximum Gasteiger partial charge on any atom is 0.236 e. The molecule has 1 unspecified atom stereocenters. The molecule has 0 fully saturated rings. The molecule has 0 saturated heterocycles. The molecule has 0 saturated carbocycles. The van der Waals surface area contributed by atoms with Gasteiger partial charge in [-0.3, -0.25) is 4.79 Å². The number of nitrogens with one attached hydrogen (secondary N) is 2. The van der Waals surface area contributed by atoms with Crippen LogP contribution in [0.3, 0.4) is 0 Å². The molecule has 0 aliphatic rings. The highest BCUT2D eigenvalue weighted by atomic mass is 19.1. The van der Waals surface area contributed by atoms with Gasteiger partial charge in [-0.15, -0.1) is 0 Å². The summed E-state index contributed by atoms with van der Waals surface area (Å²) in [6.45, 7) is 2.76. The van der Waals surface area contributed by atoms with Gasteiger partial charge in [0.1, 0.15) is 11.6 Å². The van der Waals surface area contributed by atoms with Crippen LogP contribution in [0.25, 0.3) is 0 Å². The summed E-state index contributed by atoms with van der Waals surface area (Å²) in [5.74, 6) is -1.45. The van der Waals surface area contributed by atoms with Crippen molar-refractivity contribution in [1.29, 1.82) is 0 Å². The van der Waals surface area contributed by atoms with Crippen LogP contribution in [0.2, 0.25) is 0 Å². The number of methoxy groups -OCH3 is 1. The topological polar surface area (TPSA) is 50.4 Å². The van der Waals surface area contributed by atoms with Gasteiger partial charge < -0.3 is 15.4 Å². The Morgan fingerprint density at radius 2 is 1.95 bits per heavy atom. The van der Waals surface area contributed by atoms with Crippen molar-refractivity contribution in [3.8, 4) is 0 Å². The van der Waals surface area contributed by atoms with Gasteiger partial charge in [-0.05, 0) is 24.6 Å². The predicted molar refractivity (Wildman–Crippen MR) is 67.5 cm³/mol. The average molecular weight is 272 g/mol. The van der Waals surface area contributed by atoms with Crippen LogP contribution in [0.4, 0.5) is 8.78 Å². The molecule has 0 aliphatic heterocycles. The van der Waals surface area contributed by atoms with Crippen LogP contribution in [0.1, 0.15) is 12.5 Å². The van der Waals surface area contributed by atoms with E-state index in [1.165, 1.54) is 12.1 Å². The number of ether oxygens (including phenoxy) is 1. The first-order valence-electron chi connectivity index (χ1n) is 5.98. The van der Waals surface area contributed by atoms with E-state index < -0.39 is 17.7 Å². The zero-order valence-electron chi connectivity index (χ0n) is 11.0. The van der Waals surface area contributed by atoms with Gasteiger partial charge in [0.15, 0.2) is 0 Å². The Hall–Kier alpha value is -1.53. The van der Waals surface area contributed by atoms with Crippen LogP contribution >= 0.6 is 0 Å². The molecule has 1 amide bonds. The van der Waals surface area contributed by atoms with Crippen molar-refractivity contribution in [2.75, 3.05) is 20.3 Å². The smallest absolute Gasteiger partial charge is 0.236 e. The van der Waals surface area contributed by atoms with E-state index in [4.69, 9.17) is 4.74 Å². The second-order valence-corrected chi connectivity index (χ2v) is 4.16. The molecule has 0 radical (unpaired) electrons. The van der Waals surface area contributed by atoms with Crippen LogP contribution in [0, 0.1) is 11.6 Å². The van der Waals surface area contributed by atoms with Gasteiger partial charge in [-0.1, -0.05) is 0 Å². The lowest BCUT2D eigenvalue weighted by Gasteiger charge is -2.14. The highest BCUT2D eigenvalue weighted by Crippen LogP contribution is 2.07. The fourth-order valence-corrected chi connectivity index (χ4v) is 1.51. The van der Waals surface area contributed by atoms with E-state index in [9.17, 15) is 13.6 Å². The Morgan fingerprint density at radius 3 is 2.53 bits per heavy atom. The molecular formula is C13H18F2N2O2. The van der Waals surface area contributed by atoms with Gasteiger partial charge in [-0.2, -0.15) is 0 Å². The van der Waals surface area contributed by atoms with Gasteiger partial charge in [0.25, 0.3) is 0 Å². The molecule has 1 aromatic rings. The van der Waals surface area contributed by atoms with Crippen LogP contribution in [-0.2, 0) is 16.1 Å². The summed E-state index contributed by atoms with van der Waals surface area (Å²) in [7, 11) is 1.55. The third kappa shape index (κ3) is 5.76. The number of halogens is 2. The number of rotatable bonds is 7. The summed E-state index contributed by atoms with van der Waals surface area (Å²) in [6.07, 6.45) is 0. The van der Waals surface area contributed by atoms with Crippen molar-refractivity contribution in [2.24, 2.45) is 0 Å². The summed E-state index contributed by atoms with van der Waals surface area (Å²) in [5.41, 5.74) is 0.453. The van der Waals surface area contributed by atoms with Crippen molar-refractivity contribution in [2.45, 2.75) is 19.5 Å². The molecule has 0 spiro atoms. The minimum absolute atomic E-state index is 0.186. The van der Waals surface area contributed by atoms with E-state index in [1.54, 1.807) is 14.0 Å². The van der Waals surface area contributed by atoms with Crippen LogP contribution < -0.4 is 10.6 Å². The quantitative estimate of drug-likeness (QED) is 0.733. The number of carbonyl (C=O) groups excluding carboxylic acids is 1. The number of carbonyl (C=O) groups is 1. The zero-order chi connectivity index (χ0) is 14.3. The molecule has 2 N–H and O–H groups in total. The highest BCUT2D eigenvalue weighted by Gasteiger charge is 2.11. The summed E-state index contributed by atoms with van der Waals surface area (Å²) in [4.78, 5) is 11.6. The molecule has 1 atom stereocenters. The monoisotopic (exact) mass is 272 g/mol. The Bertz CT molecular complexity index is 407. The maximum atomic E-state index is 13.0. The van der Waals surface area contributed by atoms with E-state index in [0.717, 1.165) is 6.07 Å². The van der Waals surface area contributed by atoms with Crippen molar-refractivity contribution in [3.05, 3.63) is 35.4 Å². The molecule has 6 heteroatoms. The maximum absolute atomic E-state index is 13.0.